The minimum Gasteiger partial charge on any atom is -0.504 e. The number of phenols is 2. The first-order valence-electron chi connectivity index (χ1n) is 8.33. The van der Waals surface area contributed by atoms with E-state index in [-0.39, 0.29) is 28.5 Å². The van der Waals surface area contributed by atoms with Gasteiger partial charge in [0.15, 0.2) is 34.4 Å². The molecule has 1 aromatic carbocycles. The Balaban J connectivity index is 2.11. The van der Waals surface area contributed by atoms with Gasteiger partial charge in [0.2, 0.25) is 5.91 Å². The third-order valence-corrected chi connectivity index (χ3v) is 6.55. The third kappa shape index (κ3) is 3.24. The van der Waals surface area contributed by atoms with Crippen LogP contribution in [-0.2, 0) is 25.4 Å². The number of carbonyl (C=O) groups excluding carboxylic acids is 1. The van der Waals surface area contributed by atoms with Crippen LogP contribution in [0.4, 0.5) is 0 Å². The Kier molecular flexibility index (Phi) is 5.32. The molecule has 1 unspecified atom stereocenters. The number of halogens is 1. The summed E-state index contributed by atoms with van der Waals surface area (Å²) in [5.41, 5.74) is -0.0803. The molecule has 1 aromatic heterocycles. The van der Waals surface area contributed by atoms with Crippen molar-refractivity contribution in [1.29, 1.82) is 0 Å². The SMILES string of the molecule is C[C@@H]1CC(=O)N1[C@@H](C(=O)O)[C@](C)(c1cc(-c2ccc(O)c(O)c2Cl)on1)S(=O)O. The number of aromatic hydroxyl groups is 2. The minimum absolute atomic E-state index is 0.0379. The predicted octanol–water partition coefficient (Wildman–Crippen LogP) is 1.92. The summed E-state index contributed by atoms with van der Waals surface area (Å²) in [4.78, 5) is 25.0. The Morgan fingerprint density at radius 2 is 2.10 bits per heavy atom. The van der Waals surface area contributed by atoms with Crippen molar-refractivity contribution in [3.05, 3.63) is 28.9 Å². The second-order valence-electron chi connectivity index (χ2n) is 6.82. The number of nitrogens with zero attached hydrogens (tertiary/aromatic N) is 2. The van der Waals surface area contributed by atoms with Gasteiger partial charge < -0.3 is 29.3 Å². The van der Waals surface area contributed by atoms with E-state index in [9.17, 15) is 33.7 Å². The van der Waals surface area contributed by atoms with Crippen molar-refractivity contribution in [3.8, 4) is 22.8 Å². The van der Waals surface area contributed by atoms with Gasteiger partial charge in [0, 0.05) is 24.1 Å². The van der Waals surface area contributed by atoms with Crippen molar-refractivity contribution in [2.75, 3.05) is 0 Å². The first kappa shape index (κ1) is 21.1. The molecule has 10 nitrogen and oxygen atoms in total. The third-order valence-electron chi connectivity index (χ3n) is 5.01. The molecule has 0 saturated carbocycles. The summed E-state index contributed by atoms with van der Waals surface area (Å²) >= 11 is 3.23. The molecule has 0 spiro atoms. The van der Waals surface area contributed by atoms with Crippen molar-refractivity contribution in [2.45, 2.75) is 37.1 Å². The van der Waals surface area contributed by atoms with Gasteiger partial charge >= 0.3 is 5.97 Å². The molecule has 12 heteroatoms. The Morgan fingerprint density at radius 3 is 2.62 bits per heavy atom. The van der Waals surface area contributed by atoms with Crippen LogP contribution in [0, 0.1) is 0 Å². The standard InChI is InChI=1S/C17H17ClN2O8S/c1-7-5-12(22)20(7)15(16(24)25)17(2,29(26)27)11-6-10(28-19-11)8-3-4-9(21)14(23)13(8)18/h3-4,6-7,15,21,23H,5H2,1-2H3,(H,24,25)(H,26,27)/t7-,15+,17+/m1/s1. The number of hydrogen-bond acceptors (Lipinski definition) is 7. The summed E-state index contributed by atoms with van der Waals surface area (Å²) in [7, 11) is 0. The van der Waals surface area contributed by atoms with Gasteiger partial charge in [-0.15, -0.1) is 0 Å². The van der Waals surface area contributed by atoms with Gasteiger partial charge in [0.1, 0.15) is 10.4 Å². The highest BCUT2D eigenvalue weighted by Gasteiger charge is 2.56. The van der Waals surface area contributed by atoms with Crippen LogP contribution in [0.25, 0.3) is 11.3 Å². The van der Waals surface area contributed by atoms with E-state index in [0.29, 0.717) is 0 Å². The molecule has 1 amide bonds. The number of carboxylic acid groups (broad SMARTS) is 1. The summed E-state index contributed by atoms with van der Waals surface area (Å²) in [5.74, 6) is -3.03. The van der Waals surface area contributed by atoms with Crippen LogP contribution in [0.15, 0.2) is 22.7 Å². The van der Waals surface area contributed by atoms with Crippen molar-refractivity contribution in [2.24, 2.45) is 0 Å². The van der Waals surface area contributed by atoms with Crippen LogP contribution in [0.3, 0.4) is 0 Å². The Labute approximate surface area is 172 Å². The number of carbonyl (C=O) groups is 2. The molecule has 2 aromatic rings. The lowest BCUT2D eigenvalue weighted by atomic mass is 9.89. The normalized spacial score (nSPS) is 20.6. The first-order chi connectivity index (χ1) is 13.5. The van der Waals surface area contributed by atoms with Gasteiger partial charge in [-0.25, -0.2) is 9.00 Å². The number of amides is 1. The van der Waals surface area contributed by atoms with Gasteiger partial charge in [-0.1, -0.05) is 16.8 Å². The highest BCUT2D eigenvalue weighted by molar-refractivity contribution is 7.80. The smallest absolute Gasteiger partial charge is 0.328 e. The van der Waals surface area contributed by atoms with E-state index >= 15 is 0 Å². The number of hydrogen-bond donors (Lipinski definition) is 4. The fraction of sp³-hybridized carbons (Fsp3) is 0.353. The van der Waals surface area contributed by atoms with E-state index in [2.05, 4.69) is 5.16 Å². The molecule has 1 aliphatic rings. The second-order valence-corrected chi connectivity index (χ2v) is 8.55. The van der Waals surface area contributed by atoms with E-state index in [1.165, 1.54) is 19.1 Å². The average Bonchev–Trinajstić information content (AvgIpc) is 3.13. The monoisotopic (exact) mass is 444 g/mol. The molecular weight excluding hydrogens is 428 g/mol. The molecule has 29 heavy (non-hydrogen) atoms. The maximum absolute atomic E-state index is 12.3. The molecule has 0 aliphatic carbocycles. The number of likely N-dealkylation sites (tertiary alicyclic amines) is 1. The van der Waals surface area contributed by atoms with Crippen LogP contribution >= 0.6 is 11.6 Å². The Morgan fingerprint density at radius 1 is 1.45 bits per heavy atom. The summed E-state index contributed by atoms with van der Waals surface area (Å²) in [5, 5.41) is 32.5. The maximum atomic E-state index is 12.3. The first-order valence-corrected chi connectivity index (χ1v) is 9.81. The van der Waals surface area contributed by atoms with E-state index in [4.69, 9.17) is 16.1 Å². The lowest BCUT2D eigenvalue weighted by molar-refractivity contribution is -0.163. The molecule has 1 saturated heterocycles. The molecular formula is C17H17ClN2O8S. The number of aromatic nitrogens is 1. The summed E-state index contributed by atoms with van der Waals surface area (Å²) in [6.07, 6.45) is 0.129. The summed E-state index contributed by atoms with van der Waals surface area (Å²) < 4.78 is 25.4. The van der Waals surface area contributed by atoms with Gasteiger partial charge in [-0.3, -0.25) is 4.79 Å². The van der Waals surface area contributed by atoms with Gasteiger partial charge in [0.05, 0.1) is 5.02 Å². The molecule has 1 fully saturated rings. The van der Waals surface area contributed by atoms with Gasteiger partial charge in [0.25, 0.3) is 0 Å². The van der Waals surface area contributed by atoms with Gasteiger partial charge in [-0.05, 0) is 26.0 Å². The number of aliphatic carboxylic acids is 1. The van der Waals surface area contributed by atoms with Crippen LogP contribution in [0.2, 0.25) is 5.02 Å². The average molecular weight is 445 g/mol. The van der Waals surface area contributed by atoms with Crippen LogP contribution in [0.5, 0.6) is 11.5 Å². The largest absolute Gasteiger partial charge is 0.504 e. The fourth-order valence-corrected chi connectivity index (χ4v) is 4.25. The van der Waals surface area contributed by atoms with Crippen LogP contribution < -0.4 is 0 Å². The van der Waals surface area contributed by atoms with Crippen molar-refractivity contribution in [1.82, 2.24) is 10.1 Å². The van der Waals surface area contributed by atoms with Crippen molar-refractivity contribution >= 4 is 34.6 Å². The number of carboxylic acids is 1. The van der Waals surface area contributed by atoms with E-state index in [0.717, 1.165) is 11.0 Å². The second kappa shape index (κ2) is 7.32. The molecule has 4 atom stereocenters. The van der Waals surface area contributed by atoms with Gasteiger partial charge in [-0.2, -0.15) is 0 Å². The molecule has 1 aliphatic heterocycles. The zero-order valence-corrected chi connectivity index (χ0v) is 16.8. The summed E-state index contributed by atoms with van der Waals surface area (Å²) in [6.45, 7) is 2.82. The zero-order valence-electron chi connectivity index (χ0n) is 15.2. The van der Waals surface area contributed by atoms with Crippen LogP contribution in [0.1, 0.15) is 26.0 Å². The molecule has 0 bridgehead atoms. The topological polar surface area (TPSA) is 161 Å². The Hall–Kier alpha value is -2.63. The van der Waals surface area contributed by atoms with Crippen LogP contribution in [-0.4, -0.2) is 58.1 Å². The lowest BCUT2D eigenvalue weighted by Gasteiger charge is -2.46. The highest BCUT2D eigenvalue weighted by atomic mass is 35.5. The number of β-lactam (4-membered cyclic amide) rings is 1. The van der Waals surface area contributed by atoms with E-state index in [1.807, 2.05) is 0 Å². The molecule has 0 radical (unpaired) electrons. The van der Waals surface area contributed by atoms with E-state index in [1.54, 1.807) is 6.92 Å². The zero-order chi connectivity index (χ0) is 21.7. The molecule has 156 valence electrons. The van der Waals surface area contributed by atoms with Crippen molar-refractivity contribution in [3.63, 3.8) is 0 Å². The Bertz CT molecular complexity index is 1020. The molecule has 4 N–H and O–H groups in total. The maximum Gasteiger partial charge on any atom is 0.328 e. The van der Waals surface area contributed by atoms with Crippen molar-refractivity contribution < 1.29 is 38.2 Å². The highest BCUT2D eigenvalue weighted by Crippen LogP contribution is 2.43. The molecule has 3 rings (SSSR count). The van der Waals surface area contributed by atoms with E-state index < -0.39 is 51.3 Å². The number of rotatable bonds is 6. The minimum atomic E-state index is -2.76. The number of phenolic OH excluding ortho intramolecular Hbond substituents is 2. The lowest BCUT2D eigenvalue weighted by Crippen LogP contribution is -2.65. The predicted molar refractivity (Wildman–Crippen MR) is 101 cm³/mol. The number of benzene rings is 1. The fourth-order valence-electron chi connectivity index (χ4n) is 3.31. The molecule has 2 heterocycles. The quantitative estimate of drug-likeness (QED) is 0.296. The summed E-state index contributed by atoms with van der Waals surface area (Å²) in [6, 6.07) is 1.58.